The lowest BCUT2D eigenvalue weighted by Gasteiger charge is -2.28. The molecule has 3 aromatic rings. The van der Waals surface area contributed by atoms with Gasteiger partial charge in [-0.3, -0.25) is 9.36 Å². The van der Waals surface area contributed by atoms with Gasteiger partial charge in [-0.05, 0) is 63.6 Å². The molecule has 1 aliphatic rings. The van der Waals surface area contributed by atoms with Crippen molar-refractivity contribution >= 4 is 16.9 Å². The molecule has 1 fully saturated rings. The molecule has 1 aliphatic heterocycles. The highest BCUT2D eigenvalue weighted by molar-refractivity contribution is 5.97. The lowest BCUT2D eigenvalue weighted by Crippen LogP contribution is -2.46. The number of aromatic nitrogens is 2. The van der Waals surface area contributed by atoms with Crippen LogP contribution in [-0.2, 0) is 0 Å². The second kappa shape index (κ2) is 6.92. The van der Waals surface area contributed by atoms with Crippen molar-refractivity contribution in [3.05, 3.63) is 59.9 Å². The van der Waals surface area contributed by atoms with Gasteiger partial charge in [0.15, 0.2) is 0 Å². The van der Waals surface area contributed by atoms with Gasteiger partial charge in [0.25, 0.3) is 5.91 Å². The highest BCUT2D eigenvalue weighted by Gasteiger charge is 2.21. The molecule has 1 amide bonds. The third-order valence-corrected chi connectivity index (χ3v) is 5.06. The minimum Gasteiger partial charge on any atom is -0.349 e. The maximum atomic E-state index is 12.7. The summed E-state index contributed by atoms with van der Waals surface area (Å²) in [6, 6.07) is 16.6. The van der Waals surface area contributed by atoms with Gasteiger partial charge in [-0.2, -0.15) is 0 Å². The molecule has 2 heterocycles. The van der Waals surface area contributed by atoms with Gasteiger partial charge in [-0.25, -0.2) is 4.98 Å². The van der Waals surface area contributed by atoms with Gasteiger partial charge in [-0.1, -0.05) is 18.2 Å². The van der Waals surface area contributed by atoms with Crippen LogP contribution in [0.5, 0.6) is 0 Å². The number of hydrogen-bond donors (Lipinski definition) is 2. The maximum absolute atomic E-state index is 12.7. The summed E-state index contributed by atoms with van der Waals surface area (Å²) in [5.74, 6) is 0.897. The molecule has 5 nitrogen and oxygen atoms in total. The molecule has 1 aromatic heterocycles. The van der Waals surface area contributed by atoms with Crippen molar-refractivity contribution in [1.82, 2.24) is 20.2 Å². The zero-order valence-electron chi connectivity index (χ0n) is 15.2. The fraction of sp³-hybridized carbons (Fsp3) is 0.333. The molecule has 2 aromatic carbocycles. The van der Waals surface area contributed by atoms with E-state index < -0.39 is 0 Å². The van der Waals surface area contributed by atoms with Gasteiger partial charge in [0.2, 0.25) is 0 Å². The van der Waals surface area contributed by atoms with Gasteiger partial charge in [-0.15, -0.1) is 0 Å². The molecule has 0 bridgehead atoms. The molecule has 2 atom stereocenters. The fourth-order valence-corrected chi connectivity index (χ4v) is 3.78. The van der Waals surface area contributed by atoms with E-state index in [2.05, 4.69) is 39.2 Å². The number of rotatable bonds is 3. The number of para-hydroxylation sites is 1. The Labute approximate surface area is 153 Å². The second-order valence-electron chi connectivity index (χ2n) is 7.08. The summed E-state index contributed by atoms with van der Waals surface area (Å²) in [4.78, 5) is 17.3. The van der Waals surface area contributed by atoms with Crippen molar-refractivity contribution in [3.63, 3.8) is 0 Å². The molecular weight excluding hydrogens is 324 g/mol. The smallest absolute Gasteiger partial charge is 0.251 e. The molecule has 0 aliphatic carbocycles. The third-order valence-electron chi connectivity index (χ3n) is 5.06. The summed E-state index contributed by atoms with van der Waals surface area (Å²) >= 11 is 0. The molecule has 0 spiro atoms. The molecule has 2 unspecified atom stereocenters. The monoisotopic (exact) mass is 348 g/mol. The lowest BCUT2D eigenvalue weighted by molar-refractivity contribution is 0.0926. The molecule has 0 saturated carbocycles. The average molecular weight is 348 g/mol. The van der Waals surface area contributed by atoms with Crippen LogP contribution >= 0.6 is 0 Å². The van der Waals surface area contributed by atoms with Crippen LogP contribution in [0.4, 0.5) is 0 Å². The van der Waals surface area contributed by atoms with E-state index in [0.717, 1.165) is 41.9 Å². The first-order valence-corrected chi connectivity index (χ1v) is 9.20. The van der Waals surface area contributed by atoms with Gasteiger partial charge in [0, 0.05) is 23.3 Å². The first-order valence-electron chi connectivity index (χ1n) is 9.20. The van der Waals surface area contributed by atoms with E-state index in [0.29, 0.717) is 11.6 Å². The van der Waals surface area contributed by atoms with E-state index >= 15 is 0 Å². The van der Waals surface area contributed by atoms with Gasteiger partial charge >= 0.3 is 0 Å². The van der Waals surface area contributed by atoms with Crippen molar-refractivity contribution in [3.8, 4) is 5.69 Å². The Morgan fingerprint density at radius 1 is 1.23 bits per heavy atom. The van der Waals surface area contributed by atoms with Gasteiger partial charge in [0.1, 0.15) is 5.82 Å². The predicted molar refractivity (Wildman–Crippen MR) is 104 cm³/mol. The number of piperidine rings is 1. The number of amides is 1. The number of nitrogens with zero attached hydrogens (tertiary/aromatic N) is 2. The topological polar surface area (TPSA) is 59.0 Å². The Balaban J connectivity index is 1.61. The van der Waals surface area contributed by atoms with Crippen LogP contribution in [-0.4, -0.2) is 34.1 Å². The number of imidazole rings is 1. The highest BCUT2D eigenvalue weighted by Crippen LogP contribution is 2.22. The Morgan fingerprint density at radius 2 is 2.04 bits per heavy atom. The Morgan fingerprint density at radius 3 is 2.81 bits per heavy atom. The molecule has 0 radical (unpaired) electrons. The van der Waals surface area contributed by atoms with E-state index in [1.54, 1.807) is 0 Å². The quantitative estimate of drug-likeness (QED) is 0.764. The summed E-state index contributed by atoms with van der Waals surface area (Å²) in [6.07, 6.45) is 1.94. The number of carbonyl (C=O) groups is 1. The second-order valence-corrected chi connectivity index (χ2v) is 7.08. The maximum Gasteiger partial charge on any atom is 0.251 e. The van der Waals surface area contributed by atoms with Gasteiger partial charge in [0.05, 0.1) is 11.0 Å². The van der Waals surface area contributed by atoms with Crippen molar-refractivity contribution < 1.29 is 4.79 Å². The SMILES string of the molecule is Cc1nc2cc(C(=O)NC3CCNC(C)C3)ccc2n1-c1ccccc1. The van der Waals surface area contributed by atoms with Crippen LogP contribution in [0.25, 0.3) is 16.7 Å². The number of hydrogen-bond acceptors (Lipinski definition) is 3. The Kier molecular flexibility index (Phi) is 4.47. The number of nitrogens with one attached hydrogen (secondary N) is 2. The number of carbonyl (C=O) groups excluding carboxylic acids is 1. The first-order chi connectivity index (χ1) is 12.6. The summed E-state index contributed by atoms with van der Waals surface area (Å²) in [5.41, 5.74) is 3.60. The van der Waals surface area contributed by atoms with Crippen LogP contribution in [0.1, 0.15) is 35.9 Å². The summed E-state index contributed by atoms with van der Waals surface area (Å²) in [5, 5.41) is 6.58. The normalized spacial score (nSPS) is 20.2. The molecule has 134 valence electrons. The average Bonchev–Trinajstić information content (AvgIpc) is 2.97. The summed E-state index contributed by atoms with van der Waals surface area (Å²) < 4.78 is 2.12. The summed E-state index contributed by atoms with van der Waals surface area (Å²) in [6.45, 7) is 5.10. The lowest BCUT2D eigenvalue weighted by atomic mass is 10.0. The number of fused-ring (bicyclic) bond motifs is 1. The summed E-state index contributed by atoms with van der Waals surface area (Å²) in [7, 11) is 0. The molecular formula is C21H24N4O. The molecule has 1 saturated heterocycles. The van der Waals surface area contributed by atoms with Crippen LogP contribution in [0.15, 0.2) is 48.5 Å². The van der Waals surface area contributed by atoms with E-state index in [1.165, 1.54) is 0 Å². The van der Waals surface area contributed by atoms with Crippen molar-refractivity contribution in [1.29, 1.82) is 0 Å². The predicted octanol–water partition coefficient (Wildman–Crippen LogP) is 3.20. The Hall–Kier alpha value is -2.66. The minimum atomic E-state index is -0.0158. The number of benzene rings is 2. The van der Waals surface area contributed by atoms with E-state index in [-0.39, 0.29) is 11.9 Å². The standard InChI is InChI=1S/C21H24N4O/c1-14-12-17(10-11-22-14)24-21(26)16-8-9-20-19(13-16)23-15(2)25(20)18-6-4-3-5-7-18/h3-9,13-14,17,22H,10-12H2,1-2H3,(H,24,26). The molecule has 26 heavy (non-hydrogen) atoms. The van der Waals surface area contributed by atoms with E-state index in [9.17, 15) is 4.79 Å². The van der Waals surface area contributed by atoms with Crippen molar-refractivity contribution in [2.24, 2.45) is 0 Å². The zero-order chi connectivity index (χ0) is 18.1. The van der Waals surface area contributed by atoms with Crippen LogP contribution in [0.3, 0.4) is 0 Å². The zero-order valence-corrected chi connectivity index (χ0v) is 15.2. The highest BCUT2D eigenvalue weighted by atomic mass is 16.1. The molecule has 5 heteroatoms. The third kappa shape index (κ3) is 3.22. The van der Waals surface area contributed by atoms with Gasteiger partial charge < -0.3 is 10.6 Å². The van der Waals surface area contributed by atoms with Crippen molar-refractivity contribution in [2.75, 3.05) is 6.54 Å². The van der Waals surface area contributed by atoms with Crippen molar-refractivity contribution in [2.45, 2.75) is 38.8 Å². The van der Waals surface area contributed by atoms with Crippen LogP contribution < -0.4 is 10.6 Å². The molecule has 4 rings (SSSR count). The molecule has 2 N–H and O–H groups in total. The largest absolute Gasteiger partial charge is 0.349 e. The van der Waals surface area contributed by atoms with E-state index in [1.807, 2.05) is 43.3 Å². The minimum absolute atomic E-state index is 0.0158. The Bertz CT molecular complexity index is 932. The first kappa shape index (κ1) is 16.8. The fourth-order valence-electron chi connectivity index (χ4n) is 3.78. The van der Waals surface area contributed by atoms with E-state index in [4.69, 9.17) is 0 Å². The number of aryl methyl sites for hydroxylation is 1. The van der Waals surface area contributed by atoms with Crippen LogP contribution in [0.2, 0.25) is 0 Å². The van der Waals surface area contributed by atoms with Crippen LogP contribution in [0, 0.1) is 6.92 Å².